The van der Waals surface area contributed by atoms with Gasteiger partial charge in [-0.3, -0.25) is 9.58 Å². The maximum atomic E-state index is 4.57. The molecule has 1 aliphatic rings. The number of nitrogens with zero attached hydrogens (tertiary/aromatic N) is 8. The van der Waals surface area contributed by atoms with Crippen molar-refractivity contribution in [1.29, 1.82) is 0 Å². The molecule has 0 amide bonds. The molecule has 0 saturated carbocycles. The van der Waals surface area contributed by atoms with Gasteiger partial charge < -0.3 is 9.13 Å². The highest BCUT2D eigenvalue weighted by molar-refractivity contribution is 5.16. The maximum absolute atomic E-state index is 4.57. The zero-order chi connectivity index (χ0) is 18.8. The van der Waals surface area contributed by atoms with Crippen LogP contribution in [0.4, 0.5) is 0 Å². The Balaban J connectivity index is 1.40. The van der Waals surface area contributed by atoms with Crippen LogP contribution in [0.2, 0.25) is 0 Å². The molecule has 0 atom stereocenters. The molecule has 0 aromatic carbocycles. The van der Waals surface area contributed by atoms with Crippen molar-refractivity contribution in [1.82, 2.24) is 39.0 Å². The minimum Gasteiger partial charge on any atom is -0.330 e. The van der Waals surface area contributed by atoms with Crippen LogP contribution in [0.25, 0.3) is 0 Å². The van der Waals surface area contributed by atoms with E-state index in [0.717, 1.165) is 57.2 Å². The number of hydrogen-bond acceptors (Lipinski definition) is 5. The molecule has 3 aromatic rings. The lowest BCUT2D eigenvalue weighted by Gasteiger charge is -2.31. The molecular formula is C19H28N8. The van der Waals surface area contributed by atoms with E-state index in [1.54, 1.807) is 6.20 Å². The predicted molar refractivity (Wildman–Crippen MR) is 102 cm³/mol. The highest BCUT2D eigenvalue weighted by Crippen LogP contribution is 2.28. The van der Waals surface area contributed by atoms with Gasteiger partial charge in [-0.1, -0.05) is 0 Å². The third-order valence-electron chi connectivity index (χ3n) is 5.74. The van der Waals surface area contributed by atoms with Gasteiger partial charge in [0.1, 0.15) is 5.82 Å². The third-order valence-corrected chi connectivity index (χ3v) is 5.74. The molecule has 27 heavy (non-hydrogen) atoms. The Kier molecular flexibility index (Phi) is 5.07. The molecule has 1 saturated heterocycles. The van der Waals surface area contributed by atoms with Crippen LogP contribution in [-0.2, 0) is 26.7 Å². The molecule has 0 radical (unpaired) electrons. The van der Waals surface area contributed by atoms with Crippen molar-refractivity contribution in [2.75, 3.05) is 13.1 Å². The molecule has 0 bridgehead atoms. The Bertz CT molecular complexity index is 868. The van der Waals surface area contributed by atoms with Gasteiger partial charge >= 0.3 is 0 Å². The number of likely N-dealkylation sites (tertiary alicyclic amines) is 1. The molecule has 144 valence electrons. The average Bonchev–Trinajstić information content (AvgIpc) is 3.40. The second-order valence-corrected chi connectivity index (χ2v) is 7.38. The molecule has 1 fully saturated rings. The van der Waals surface area contributed by atoms with Gasteiger partial charge in [0.15, 0.2) is 5.82 Å². The first-order valence-corrected chi connectivity index (χ1v) is 9.73. The number of aryl methyl sites for hydroxylation is 1. The lowest BCUT2D eigenvalue weighted by Crippen LogP contribution is -2.33. The standard InChI is InChI=1S/C19H28N8/c1-4-27-18(13-26-10-7-20-14-26)22-23-19(27)16-5-8-25(9-6-16)12-17-11-21-24(3)15(17)2/h7,10-11,14,16H,4-6,8-9,12-13H2,1-3H3. The summed E-state index contributed by atoms with van der Waals surface area (Å²) in [5, 5.41) is 13.4. The maximum Gasteiger partial charge on any atom is 0.153 e. The zero-order valence-corrected chi connectivity index (χ0v) is 16.4. The first-order valence-electron chi connectivity index (χ1n) is 9.73. The molecule has 0 N–H and O–H groups in total. The first-order chi connectivity index (χ1) is 13.2. The molecule has 0 unspecified atom stereocenters. The predicted octanol–water partition coefficient (Wildman–Crippen LogP) is 1.96. The highest BCUT2D eigenvalue weighted by atomic mass is 15.3. The number of imidazole rings is 1. The summed E-state index contributed by atoms with van der Waals surface area (Å²) in [6.07, 6.45) is 9.84. The summed E-state index contributed by atoms with van der Waals surface area (Å²) in [5.74, 6) is 2.64. The van der Waals surface area contributed by atoms with E-state index < -0.39 is 0 Å². The van der Waals surface area contributed by atoms with Crippen LogP contribution < -0.4 is 0 Å². The van der Waals surface area contributed by atoms with Crippen LogP contribution in [0, 0.1) is 6.92 Å². The smallest absolute Gasteiger partial charge is 0.153 e. The van der Waals surface area contributed by atoms with Crippen LogP contribution in [-0.4, -0.2) is 52.1 Å². The van der Waals surface area contributed by atoms with Gasteiger partial charge in [-0.05, 0) is 39.8 Å². The molecule has 4 rings (SSSR count). The summed E-state index contributed by atoms with van der Waals surface area (Å²) >= 11 is 0. The summed E-state index contributed by atoms with van der Waals surface area (Å²) < 4.78 is 6.28. The lowest BCUT2D eigenvalue weighted by atomic mass is 9.95. The van der Waals surface area contributed by atoms with Crippen LogP contribution in [0.3, 0.4) is 0 Å². The van der Waals surface area contributed by atoms with E-state index in [9.17, 15) is 0 Å². The lowest BCUT2D eigenvalue weighted by molar-refractivity contribution is 0.199. The van der Waals surface area contributed by atoms with Gasteiger partial charge in [0.2, 0.25) is 0 Å². The number of hydrogen-bond donors (Lipinski definition) is 0. The van der Waals surface area contributed by atoms with Gasteiger partial charge in [0.05, 0.1) is 19.1 Å². The summed E-state index contributed by atoms with van der Waals surface area (Å²) in [7, 11) is 2.00. The summed E-state index contributed by atoms with van der Waals surface area (Å²) in [6, 6.07) is 0. The van der Waals surface area contributed by atoms with Crippen molar-refractivity contribution >= 4 is 0 Å². The van der Waals surface area contributed by atoms with Crippen LogP contribution in [0.5, 0.6) is 0 Å². The minimum absolute atomic E-state index is 0.486. The number of aromatic nitrogens is 7. The quantitative estimate of drug-likeness (QED) is 0.665. The fourth-order valence-electron chi connectivity index (χ4n) is 3.95. The Morgan fingerprint density at radius 2 is 1.96 bits per heavy atom. The molecule has 0 aliphatic carbocycles. The summed E-state index contributed by atoms with van der Waals surface area (Å²) in [4.78, 5) is 6.64. The molecule has 1 aliphatic heterocycles. The summed E-state index contributed by atoms with van der Waals surface area (Å²) in [5.41, 5.74) is 2.59. The largest absolute Gasteiger partial charge is 0.330 e. The zero-order valence-electron chi connectivity index (χ0n) is 16.4. The molecular weight excluding hydrogens is 340 g/mol. The van der Waals surface area contributed by atoms with Crippen molar-refractivity contribution in [3.8, 4) is 0 Å². The molecule has 8 nitrogen and oxygen atoms in total. The van der Waals surface area contributed by atoms with Gasteiger partial charge in [-0.15, -0.1) is 10.2 Å². The number of rotatable bonds is 6. The second kappa shape index (κ2) is 7.64. The Labute approximate surface area is 159 Å². The van der Waals surface area contributed by atoms with Crippen molar-refractivity contribution in [2.24, 2.45) is 7.05 Å². The second-order valence-electron chi connectivity index (χ2n) is 7.38. The third kappa shape index (κ3) is 3.66. The van der Waals surface area contributed by atoms with E-state index in [0.29, 0.717) is 5.92 Å². The normalized spacial score (nSPS) is 16.3. The van der Waals surface area contributed by atoms with Crippen LogP contribution in [0.1, 0.15) is 48.6 Å². The minimum atomic E-state index is 0.486. The van der Waals surface area contributed by atoms with Crippen LogP contribution >= 0.6 is 0 Å². The van der Waals surface area contributed by atoms with Crippen molar-refractivity contribution in [3.63, 3.8) is 0 Å². The van der Waals surface area contributed by atoms with Crippen molar-refractivity contribution < 1.29 is 0 Å². The van der Waals surface area contributed by atoms with Crippen LogP contribution in [0.15, 0.2) is 24.9 Å². The number of piperidine rings is 1. The monoisotopic (exact) mass is 368 g/mol. The van der Waals surface area contributed by atoms with E-state index in [1.165, 1.54) is 11.3 Å². The van der Waals surface area contributed by atoms with E-state index in [1.807, 2.05) is 35.0 Å². The SMILES string of the molecule is CCn1c(Cn2ccnc2)nnc1C1CCN(Cc2cnn(C)c2C)CC1. The topological polar surface area (TPSA) is 69.6 Å². The molecule has 4 heterocycles. The Morgan fingerprint density at radius 3 is 2.59 bits per heavy atom. The van der Waals surface area contributed by atoms with Crippen molar-refractivity contribution in [2.45, 2.75) is 52.2 Å². The highest BCUT2D eigenvalue weighted by Gasteiger charge is 2.26. The molecule has 8 heteroatoms. The van der Waals surface area contributed by atoms with E-state index in [-0.39, 0.29) is 0 Å². The average molecular weight is 368 g/mol. The Hall–Kier alpha value is -2.48. The summed E-state index contributed by atoms with van der Waals surface area (Å²) in [6.45, 7) is 9.10. The first kappa shape index (κ1) is 17.9. The fraction of sp³-hybridized carbons (Fsp3) is 0.579. The van der Waals surface area contributed by atoms with Crippen molar-refractivity contribution in [3.05, 3.63) is 47.8 Å². The fourth-order valence-corrected chi connectivity index (χ4v) is 3.95. The van der Waals surface area contributed by atoms with E-state index >= 15 is 0 Å². The molecule has 0 spiro atoms. The van der Waals surface area contributed by atoms with E-state index in [2.05, 4.69) is 43.6 Å². The van der Waals surface area contributed by atoms with Gasteiger partial charge in [0, 0.05) is 49.7 Å². The van der Waals surface area contributed by atoms with Gasteiger partial charge in [-0.2, -0.15) is 5.10 Å². The molecule has 3 aromatic heterocycles. The van der Waals surface area contributed by atoms with Gasteiger partial charge in [-0.25, -0.2) is 4.98 Å². The van der Waals surface area contributed by atoms with E-state index in [4.69, 9.17) is 0 Å². The van der Waals surface area contributed by atoms with Gasteiger partial charge in [0.25, 0.3) is 0 Å². The Morgan fingerprint density at radius 1 is 1.15 bits per heavy atom.